The van der Waals surface area contributed by atoms with Crippen molar-refractivity contribution in [2.75, 3.05) is 6.61 Å². The van der Waals surface area contributed by atoms with Crippen molar-refractivity contribution in [3.8, 4) is 0 Å². The first-order valence-electron chi connectivity index (χ1n) is 13.6. The van der Waals surface area contributed by atoms with Gasteiger partial charge < -0.3 is 9.84 Å². The molecule has 0 fully saturated rings. The zero-order valence-electron chi connectivity index (χ0n) is 21.4. The Morgan fingerprint density at radius 2 is 1.31 bits per heavy atom. The first-order valence-corrected chi connectivity index (χ1v) is 13.6. The van der Waals surface area contributed by atoms with Gasteiger partial charge in [-0.05, 0) is 25.2 Å². The maximum atomic E-state index is 12.4. The maximum absolute atomic E-state index is 12.4. The van der Waals surface area contributed by atoms with Gasteiger partial charge in [-0.2, -0.15) is 0 Å². The Balaban J connectivity index is 3.97. The average Bonchev–Trinajstić information content (AvgIpc) is 2.78. The van der Waals surface area contributed by atoms with Gasteiger partial charge in [0.25, 0.3) is 0 Å². The smallest absolute Gasteiger partial charge is 0.313 e. The summed E-state index contributed by atoms with van der Waals surface area (Å²) in [5, 5.41) is 9.15. The van der Waals surface area contributed by atoms with Gasteiger partial charge in [-0.25, -0.2) is 0 Å². The van der Waals surface area contributed by atoms with Gasteiger partial charge in [0.05, 0.1) is 18.9 Å². The van der Waals surface area contributed by atoms with Crippen LogP contribution in [0.15, 0.2) is 12.2 Å². The topological polar surface area (TPSA) is 63.6 Å². The predicted octanol–water partition coefficient (Wildman–Crippen LogP) is 8.48. The summed E-state index contributed by atoms with van der Waals surface area (Å²) in [5.74, 6) is -1.66. The van der Waals surface area contributed by atoms with E-state index in [4.69, 9.17) is 9.84 Å². The van der Waals surface area contributed by atoms with Crippen molar-refractivity contribution in [2.24, 2.45) is 11.8 Å². The van der Waals surface area contributed by atoms with E-state index >= 15 is 0 Å². The lowest BCUT2D eigenvalue weighted by molar-refractivity contribution is -0.152. The molecule has 0 aromatic rings. The van der Waals surface area contributed by atoms with E-state index in [1.54, 1.807) is 6.08 Å². The number of carbonyl (C=O) groups excluding carboxylic acids is 1. The lowest BCUT2D eigenvalue weighted by Gasteiger charge is -2.16. The normalized spacial score (nSPS) is 13.3. The molecule has 2 unspecified atom stereocenters. The van der Waals surface area contributed by atoms with Crippen LogP contribution in [0.4, 0.5) is 0 Å². The van der Waals surface area contributed by atoms with Crippen LogP contribution in [0.25, 0.3) is 0 Å². The first kappa shape index (κ1) is 30.7. The average molecular weight is 453 g/mol. The fourth-order valence-corrected chi connectivity index (χ4v) is 3.99. The summed E-state index contributed by atoms with van der Waals surface area (Å²) in [6.07, 6.45) is 24.6. The number of esters is 1. The summed E-state index contributed by atoms with van der Waals surface area (Å²) in [6, 6.07) is 0. The highest BCUT2D eigenvalue weighted by molar-refractivity contribution is 5.80. The monoisotopic (exact) mass is 452 g/mol. The van der Waals surface area contributed by atoms with E-state index in [1.165, 1.54) is 70.6 Å². The Labute approximate surface area is 198 Å². The van der Waals surface area contributed by atoms with Crippen LogP contribution in [0.3, 0.4) is 0 Å². The minimum absolute atomic E-state index is 0.195. The largest absolute Gasteiger partial charge is 0.481 e. The van der Waals surface area contributed by atoms with Crippen LogP contribution in [-0.2, 0) is 14.3 Å². The quantitative estimate of drug-likeness (QED) is 0.0958. The summed E-state index contributed by atoms with van der Waals surface area (Å²) < 4.78 is 5.47. The Morgan fingerprint density at radius 1 is 0.781 bits per heavy atom. The number of hydrogen-bond acceptors (Lipinski definition) is 3. The molecule has 0 saturated heterocycles. The van der Waals surface area contributed by atoms with Crippen LogP contribution in [-0.4, -0.2) is 23.7 Å². The Morgan fingerprint density at radius 3 is 1.81 bits per heavy atom. The molecule has 0 rings (SSSR count). The lowest BCUT2D eigenvalue weighted by Crippen LogP contribution is -2.22. The highest BCUT2D eigenvalue weighted by Gasteiger charge is 2.21. The lowest BCUT2D eigenvalue weighted by atomic mass is 10.00. The van der Waals surface area contributed by atoms with Gasteiger partial charge in [-0.15, -0.1) is 0 Å². The first-order chi connectivity index (χ1) is 15.5. The number of carbonyl (C=O) groups is 2. The van der Waals surface area contributed by atoms with Crippen LogP contribution in [0, 0.1) is 11.8 Å². The number of unbranched alkanes of at least 4 members (excludes halogenated alkanes) is 13. The second-order valence-electron chi connectivity index (χ2n) is 9.36. The SMILES string of the molecule is CCCCCCCCCCCCCCC=CC(CC(=O)O)C(=O)OCC(CC)CCCC. The molecule has 0 aliphatic heterocycles. The van der Waals surface area contributed by atoms with Crippen molar-refractivity contribution in [2.45, 2.75) is 136 Å². The number of rotatable bonds is 23. The molecule has 0 aromatic heterocycles. The van der Waals surface area contributed by atoms with Gasteiger partial charge in [-0.1, -0.05) is 123 Å². The fourth-order valence-electron chi connectivity index (χ4n) is 3.99. The van der Waals surface area contributed by atoms with Crippen molar-refractivity contribution < 1.29 is 19.4 Å². The number of allylic oxidation sites excluding steroid dienone is 1. The molecule has 32 heavy (non-hydrogen) atoms. The minimum Gasteiger partial charge on any atom is -0.481 e. The van der Waals surface area contributed by atoms with E-state index in [9.17, 15) is 9.59 Å². The molecule has 0 aromatic carbocycles. The molecular weight excluding hydrogens is 400 g/mol. The number of hydrogen-bond donors (Lipinski definition) is 1. The van der Waals surface area contributed by atoms with Gasteiger partial charge in [0.2, 0.25) is 0 Å². The number of carboxylic acid groups (broad SMARTS) is 1. The molecular formula is C28H52O4. The van der Waals surface area contributed by atoms with Crippen molar-refractivity contribution in [1.82, 2.24) is 0 Å². The van der Waals surface area contributed by atoms with E-state index in [0.717, 1.165) is 38.5 Å². The highest BCUT2D eigenvalue weighted by Crippen LogP contribution is 2.16. The molecule has 4 nitrogen and oxygen atoms in total. The van der Waals surface area contributed by atoms with E-state index < -0.39 is 17.9 Å². The zero-order valence-corrected chi connectivity index (χ0v) is 21.4. The number of aliphatic carboxylic acids is 1. The Bertz CT molecular complexity index is 472. The standard InChI is InChI=1S/C28H52O4/c1-4-7-9-10-11-12-13-14-15-16-17-18-19-20-22-26(23-27(29)30)28(31)32-24-25(6-3)21-8-5-2/h20,22,25-26H,4-19,21,23-24H2,1-3H3,(H,29,30). The van der Waals surface area contributed by atoms with Crippen molar-refractivity contribution in [1.29, 1.82) is 0 Å². The fraction of sp³-hybridized carbons (Fsp3) is 0.857. The van der Waals surface area contributed by atoms with Crippen LogP contribution >= 0.6 is 0 Å². The van der Waals surface area contributed by atoms with Crippen molar-refractivity contribution in [3.63, 3.8) is 0 Å². The van der Waals surface area contributed by atoms with E-state index in [-0.39, 0.29) is 6.42 Å². The van der Waals surface area contributed by atoms with Crippen LogP contribution in [0.1, 0.15) is 136 Å². The third-order valence-electron chi connectivity index (χ3n) is 6.29. The summed E-state index contributed by atoms with van der Waals surface area (Å²) in [4.78, 5) is 23.6. The van der Waals surface area contributed by atoms with Gasteiger partial charge >= 0.3 is 11.9 Å². The molecule has 0 aliphatic rings. The van der Waals surface area contributed by atoms with Gasteiger partial charge in [0, 0.05) is 0 Å². The summed E-state index contributed by atoms with van der Waals surface area (Å²) in [6.45, 7) is 6.92. The maximum Gasteiger partial charge on any atom is 0.313 e. The van der Waals surface area contributed by atoms with Crippen LogP contribution < -0.4 is 0 Å². The predicted molar refractivity (Wildman–Crippen MR) is 135 cm³/mol. The molecule has 4 heteroatoms. The van der Waals surface area contributed by atoms with Gasteiger partial charge in [0.1, 0.15) is 0 Å². The molecule has 0 bridgehead atoms. The molecule has 0 aliphatic carbocycles. The molecule has 0 radical (unpaired) electrons. The van der Waals surface area contributed by atoms with Crippen LogP contribution in [0.2, 0.25) is 0 Å². The summed E-state index contributed by atoms with van der Waals surface area (Å²) in [7, 11) is 0. The summed E-state index contributed by atoms with van der Waals surface area (Å²) >= 11 is 0. The molecule has 0 spiro atoms. The zero-order chi connectivity index (χ0) is 23.9. The molecule has 2 atom stereocenters. The summed E-state index contributed by atoms with van der Waals surface area (Å²) in [5.41, 5.74) is 0. The van der Waals surface area contributed by atoms with E-state index in [0.29, 0.717) is 12.5 Å². The molecule has 0 amide bonds. The van der Waals surface area contributed by atoms with Crippen molar-refractivity contribution >= 4 is 11.9 Å². The van der Waals surface area contributed by atoms with Crippen molar-refractivity contribution in [3.05, 3.63) is 12.2 Å². The van der Waals surface area contributed by atoms with E-state index in [1.807, 2.05) is 6.08 Å². The number of carboxylic acids is 1. The van der Waals surface area contributed by atoms with Gasteiger partial charge in [-0.3, -0.25) is 9.59 Å². The molecule has 0 heterocycles. The Kier molecular flexibility index (Phi) is 21.9. The van der Waals surface area contributed by atoms with Crippen LogP contribution in [0.5, 0.6) is 0 Å². The second kappa shape index (κ2) is 22.9. The number of ether oxygens (including phenoxy) is 1. The minimum atomic E-state index is -0.958. The highest BCUT2D eigenvalue weighted by atomic mass is 16.5. The third-order valence-corrected chi connectivity index (χ3v) is 6.29. The molecule has 1 N–H and O–H groups in total. The third kappa shape index (κ3) is 19.4. The van der Waals surface area contributed by atoms with E-state index in [2.05, 4.69) is 20.8 Å². The van der Waals surface area contributed by atoms with Gasteiger partial charge in [0.15, 0.2) is 0 Å². The molecule has 188 valence electrons. The molecule has 0 saturated carbocycles. The Hall–Kier alpha value is -1.32. The second-order valence-corrected chi connectivity index (χ2v) is 9.36.